The summed E-state index contributed by atoms with van der Waals surface area (Å²) in [7, 11) is 0. The van der Waals surface area contributed by atoms with Gasteiger partial charge in [-0.05, 0) is 41.1 Å². The van der Waals surface area contributed by atoms with Crippen LogP contribution in [0.2, 0.25) is 0 Å². The second-order valence-corrected chi connectivity index (χ2v) is 10.1. The van der Waals surface area contributed by atoms with Gasteiger partial charge in [-0.3, -0.25) is 0 Å². The van der Waals surface area contributed by atoms with E-state index in [4.69, 9.17) is 30.6 Å². The first-order chi connectivity index (χ1) is 22.9. The predicted molar refractivity (Wildman–Crippen MR) is 168 cm³/mol. The van der Waals surface area contributed by atoms with Crippen molar-refractivity contribution in [2.24, 2.45) is 0 Å². The highest BCUT2D eigenvalue weighted by atomic mass is 16.3. The zero-order valence-electron chi connectivity index (χ0n) is 26.9. The Morgan fingerprint density at radius 3 is 2.05 bits per heavy atom. The van der Waals surface area contributed by atoms with Crippen LogP contribution in [-0.2, 0) is 0 Å². The Kier molecular flexibility index (Phi) is 3.90. The van der Waals surface area contributed by atoms with Crippen molar-refractivity contribution in [3.63, 3.8) is 0 Å². The highest BCUT2D eigenvalue weighted by Crippen LogP contribution is 2.39. The Labute approximate surface area is 246 Å². The molecule has 0 aliphatic carbocycles. The molecule has 0 spiro atoms. The van der Waals surface area contributed by atoms with Gasteiger partial charge >= 0.3 is 0 Å². The molecular weight excluding hydrogens is 518 g/mol. The Morgan fingerprint density at radius 1 is 0.500 bits per heavy atom. The van der Waals surface area contributed by atoms with Gasteiger partial charge in [-0.25, -0.2) is 15.0 Å². The molecule has 0 bridgehead atoms. The Bertz CT molecular complexity index is 2740. The summed E-state index contributed by atoms with van der Waals surface area (Å²) < 4.78 is 54.8. The van der Waals surface area contributed by atoms with Crippen molar-refractivity contribution >= 4 is 54.6 Å². The maximum absolute atomic E-state index is 8.71. The number of fused-ring (bicyclic) bond motifs is 7. The van der Waals surface area contributed by atoms with Crippen molar-refractivity contribution in [3.8, 4) is 34.2 Å². The fraction of sp³-hybridized carbons (Fsp3) is 0. The average Bonchev–Trinajstić information content (AvgIpc) is 3.66. The van der Waals surface area contributed by atoms with E-state index in [1.54, 1.807) is 0 Å². The van der Waals surface area contributed by atoms with E-state index in [-0.39, 0.29) is 23.0 Å². The number of benzene rings is 6. The summed E-state index contributed by atoms with van der Waals surface area (Å²) in [4.78, 5) is 14.5. The van der Waals surface area contributed by atoms with Crippen LogP contribution >= 0.6 is 0 Å². The number of para-hydroxylation sites is 2. The van der Waals surface area contributed by atoms with E-state index >= 15 is 0 Å². The monoisotopic (exact) mass is 544 g/mol. The fourth-order valence-corrected chi connectivity index (χ4v) is 5.71. The van der Waals surface area contributed by atoms with Gasteiger partial charge in [0.2, 0.25) is 0 Å². The van der Waals surface area contributed by atoms with Gasteiger partial charge in [-0.1, -0.05) is 96.9 Å². The molecule has 0 radical (unpaired) electrons. The van der Waals surface area contributed by atoms with Gasteiger partial charge < -0.3 is 8.83 Å². The SMILES string of the molecule is [2H]c1c([2H])c([2H])c(-c2nc(-c3cccc4c3oc3ccccc34)nc(-c3cccc4oc5cc6ccccc6cc5c34)n2)c([2H])c1[2H]. The Balaban J connectivity index is 1.38. The molecule has 9 aromatic rings. The van der Waals surface area contributed by atoms with Gasteiger partial charge in [-0.15, -0.1) is 0 Å². The van der Waals surface area contributed by atoms with Gasteiger partial charge in [0.15, 0.2) is 17.5 Å². The number of furan rings is 2. The van der Waals surface area contributed by atoms with Crippen LogP contribution in [0, 0.1) is 0 Å². The number of aromatic nitrogens is 3. The van der Waals surface area contributed by atoms with Crippen LogP contribution in [0.5, 0.6) is 0 Å². The lowest BCUT2D eigenvalue weighted by Crippen LogP contribution is -2.00. The number of nitrogens with zero attached hydrogens (tertiary/aromatic N) is 3. The van der Waals surface area contributed by atoms with Gasteiger partial charge in [-0.2, -0.15) is 0 Å². The van der Waals surface area contributed by atoms with E-state index in [9.17, 15) is 0 Å². The Morgan fingerprint density at radius 2 is 1.17 bits per heavy atom. The molecule has 0 saturated carbocycles. The van der Waals surface area contributed by atoms with E-state index in [0.717, 1.165) is 32.3 Å². The van der Waals surface area contributed by atoms with E-state index < -0.39 is 30.2 Å². The fourth-order valence-electron chi connectivity index (χ4n) is 5.71. The molecule has 0 fully saturated rings. The molecule has 0 saturated heterocycles. The van der Waals surface area contributed by atoms with Crippen LogP contribution in [-0.4, -0.2) is 15.0 Å². The summed E-state index contributed by atoms with van der Waals surface area (Å²) in [6.45, 7) is 0. The average molecular weight is 545 g/mol. The zero-order valence-corrected chi connectivity index (χ0v) is 21.9. The van der Waals surface area contributed by atoms with Crippen molar-refractivity contribution in [1.82, 2.24) is 15.0 Å². The molecule has 0 aliphatic heterocycles. The molecule has 6 aromatic carbocycles. The molecule has 9 rings (SSSR count). The highest BCUT2D eigenvalue weighted by molar-refractivity contribution is 6.15. The summed E-state index contributed by atoms with van der Waals surface area (Å²) >= 11 is 0. The summed E-state index contributed by atoms with van der Waals surface area (Å²) in [6, 6.07) is 28.9. The van der Waals surface area contributed by atoms with E-state index in [0.29, 0.717) is 33.5 Å². The summed E-state index contributed by atoms with van der Waals surface area (Å²) in [5, 5.41) is 5.57. The van der Waals surface area contributed by atoms with Crippen molar-refractivity contribution in [3.05, 3.63) is 127 Å². The molecule has 42 heavy (non-hydrogen) atoms. The summed E-state index contributed by atoms with van der Waals surface area (Å²) in [5.74, 6) is 0.438. The first kappa shape index (κ1) is 18.5. The van der Waals surface area contributed by atoms with Crippen molar-refractivity contribution < 1.29 is 15.7 Å². The number of rotatable bonds is 3. The van der Waals surface area contributed by atoms with Crippen LogP contribution < -0.4 is 0 Å². The number of hydrogen-bond acceptors (Lipinski definition) is 5. The van der Waals surface area contributed by atoms with Crippen molar-refractivity contribution in [2.45, 2.75) is 0 Å². The van der Waals surface area contributed by atoms with Gasteiger partial charge in [0.1, 0.15) is 22.3 Å². The van der Waals surface area contributed by atoms with Crippen LogP contribution in [0.1, 0.15) is 6.85 Å². The third-order valence-electron chi connectivity index (χ3n) is 7.61. The molecule has 0 N–H and O–H groups in total. The molecule has 3 aromatic heterocycles. The van der Waals surface area contributed by atoms with E-state index in [1.165, 1.54) is 0 Å². The van der Waals surface area contributed by atoms with E-state index in [1.807, 2.05) is 91.0 Å². The molecule has 5 heteroatoms. The minimum atomic E-state index is -0.493. The standard InChI is InChI=1S/C37H21N3O2/c1-2-10-22(11-3-1)35-38-36(40-37(39-35)28-17-8-15-26-25-14-6-7-18-30(25)42-34(26)28)27-16-9-19-31-33(27)29-20-23-12-4-5-13-24(23)21-32(29)41-31/h1-21H/i1D,2D,3D,10D,11D. The van der Waals surface area contributed by atoms with Crippen molar-refractivity contribution in [1.29, 1.82) is 0 Å². The predicted octanol–water partition coefficient (Wildman–Crippen LogP) is 9.82. The van der Waals surface area contributed by atoms with Crippen LogP contribution in [0.15, 0.2) is 136 Å². The summed E-state index contributed by atoms with van der Waals surface area (Å²) in [5.41, 5.74) is 3.72. The van der Waals surface area contributed by atoms with Gasteiger partial charge in [0.05, 0.1) is 12.4 Å². The van der Waals surface area contributed by atoms with Gasteiger partial charge in [0.25, 0.3) is 0 Å². The molecule has 0 aliphatic rings. The topological polar surface area (TPSA) is 65.0 Å². The third kappa shape index (κ3) is 3.47. The Hall–Kier alpha value is -5.81. The van der Waals surface area contributed by atoms with Crippen molar-refractivity contribution in [2.75, 3.05) is 0 Å². The molecular formula is C37H21N3O2. The number of hydrogen-bond donors (Lipinski definition) is 0. The summed E-state index contributed by atoms with van der Waals surface area (Å²) in [6.07, 6.45) is 0. The minimum absolute atomic E-state index is 0.0506. The lowest BCUT2D eigenvalue weighted by atomic mass is 10.0. The third-order valence-corrected chi connectivity index (χ3v) is 7.61. The molecule has 0 amide bonds. The lowest BCUT2D eigenvalue weighted by molar-refractivity contribution is 0.669. The first-order valence-corrected chi connectivity index (χ1v) is 13.5. The second kappa shape index (κ2) is 8.85. The maximum atomic E-state index is 8.71. The van der Waals surface area contributed by atoms with Crippen LogP contribution in [0.25, 0.3) is 88.8 Å². The largest absolute Gasteiger partial charge is 0.456 e. The molecule has 0 unspecified atom stereocenters. The first-order valence-electron chi connectivity index (χ1n) is 16.0. The molecule has 5 nitrogen and oxygen atoms in total. The van der Waals surface area contributed by atoms with Gasteiger partial charge in [0, 0.05) is 32.7 Å². The zero-order chi connectivity index (χ0) is 32.0. The molecule has 196 valence electrons. The second-order valence-electron chi connectivity index (χ2n) is 10.1. The highest BCUT2D eigenvalue weighted by Gasteiger charge is 2.20. The van der Waals surface area contributed by atoms with Crippen LogP contribution in [0.3, 0.4) is 0 Å². The molecule has 3 heterocycles. The molecule has 0 atom stereocenters. The normalized spacial score (nSPS) is 13.5. The smallest absolute Gasteiger partial charge is 0.167 e. The van der Waals surface area contributed by atoms with E-state index in [2.05, 4.69) is 6.07 Å². The van der Waals surface area contributed by atoms with Crippen LogP contribution in [0.4, 0.5) is 0 Å². The maximum Gasteiger partial charge on any atom is 0.167 e. The lowest BCUT2D eigenvalue weighted by Gasteiger charge is -2.09. The quantitative estimate of drug-likeness (QED) is 0.221. The minimum Gasteiger partial charge on any atom is -0.456 e.